The van der Waals surface area contributed by atoms with Crippen LogP contribution in [0.5, 0.6) is 0 Å². The van der Waals surface area contributed by atoms with Crippen molar-refractivity contribution in [1.29, 1.82) is 0 Å². The Kier molecular flexibility index (Phi) is 6.06. The van der Waals surface area contributed by atoms with Gasteiger partial charge in [-0.3, -0.25) is 0 Å². The van der Waals surface area contributed by atoms with E-state index in [0.29, 0.717) is 5.95 Å². The first-order valence-corrected chi connectivity index (χ1v) is 9.09. The molecule has 1 aromatic carbocycles. The number of rotatable bonds is 8. The average molecular weight is 341 g/mol. The van der Waals surface area contributed by atoms with E-state index in [2.05, 4.69) is 63.6 Å². The second-order valence-corrected chi connectivity index (χ2v) is 6.13. The van der Waals surface area contributed by atoms with E-state index in [1.165, 1.54) is 5.69 Å². The SMILES string of the molecule is CCN(CC)c1ccc(Nc2ccnc(NCC3CCCO3)n2)cc1. The van der Waals surface area contributed by atoms with Crippen LogP contribution in [0.1, 0.15) is 26.7 Å². The van der Waals surface area contributed by atoms with Crippen molar-refractivity contribution in [3.05, 3.63) is 36.5 Å². The molecule has 0 saturated carbocycles. The van der Waals surface area contributed by atoms with Crippen LogP contribution in [0.2, 0.25) is 0 Å². The highest BCUT2D eigenvalue weighted by Gasteiger charge is 2.15. The lowest BCUT2D eigenvalue weighted by Crippen LogP contribution is -2.21. The van der Waals surface area contributed by atoms with Crippen LogP contribution in [-0.2, 0) is 4.74 Å². The highest BCUT2D eigenvalue weighted by molar-refractivity contribution is 5.61. The molecule has 3 rings (SSSR count). The fourth-order valence-electron chi connectivity index (χ4n) is 3.02. The molecule has 1 aliphatic heterocycles. The molecule has 1 saturated heterocycles. The summed E-state index contributed by atoms with van der Waals surface area (Å²) in [5, 5.41) is 6.59. The van der Waals surface area contributed by atoms with E-state index in [4.69, 9.17) is 4.74 Å². The summed E-state index contributed by atoms with van der Waals surface area (Å²) in [5.41, 5.74) is 2.25. The van der Waals surface area contributed by atoms with Gasteiger partial charge in [0.25, 0.3) is 0 Å². The summed E-state index contributed by atoms with van der Waals surface area (Å²) in [6.45, 7) is 7.97. The molecule has 1 atom stereocenters. The van der Waals surface area contributed by atoms with Crippen molar-refractivity contribution in [2.24, 2.45) is 0 Å². The average Bonchev–Trinajstić information content (AvgIpc) is 3.16. The first-order valence-electron chi connectivity index (χ1n) is 9.09. The number of nitrogens with zero attached hydrogens (tertiary/aromatic N) is 3. The molecule has 2 N–H and O–H groups in total. The Bertz CT molecular complexity index is 651. The maximum Gasteiger partial charge on any atom is 0.224 e. The van der Waals surface area contributed by atoms with Gasteiger partial charge in [-0.15, -0.1) is 0 Å². The maximum atomic E-state index is 5.61. The molecule has 0 radical (unpaired) electrons. The molecule has 6 heteroatoms. The minimum absolute atomic E-state index is 0.271. The van der Waals surface area contributed by atoms with Gasteiger partial charge >= 0.3 is 0 Å². The zero-order valence-corrected chi connectivity index (χ0v) is 15.0. The Balaban J connectivity index is 1.59. The van der Waals surface area contributed by atoms with Crippen LogP contribution in [0.3, 0.4) is 0 Å². The number of benzene rings is 1. The minimum atomic E-state index is 0.271. The minimum Gasteiger partial charge on any atom is -0.376 e. The van der Waals surface area contributed by atoms with Gasteiger partial charge < -0.3 is 20.3 Å². The first-order chi connectivity index (χ1) is 12.3. The van der Waals surface area contributed by atoms with E-state index in [1.807, 2.05) is 6.07 Å². The maximum absolute atomic E-state index is 5.61. The second-order valence-electron chi connectivity index (χ2n) is 6.13. The van der Waals surface area contributed by atoms with E-state index in [9.17, 15) is 0 Å². The molecule has 25 heavy (non-hydrogen) atoms. The molecular formula is C19H27N5O. The molecular weight excluding hydrogens is 314 g/mol. The number of hydrogen-bond donors (Lipinski definition) is 2. The van der Waals surface area contributed by atoms with Gasteiger partial charge in [0.2, 0.25) is 5.95 Å². The fraction of sp³-hybridized carbons (Fsp3) is 0.474. The largest absolute Gasteiger partial charge is 0.376 e. The smallest absolute Gasteiger partial charge is 0.224 e. The summed E-state index contributed by atoms with van der Waals surface area (Å²) >= 11 is 0. The van der Waals surface area contributed by atoms with Crippen molar-refractivity contribution in [2.75, 3.05) is 41.8 Å². The Labute approximate surface area is 149 Å². The predicted octanol–water partition coefficient (Wildman–Crippen LogP) is 3.66. The van der Waals surface area contributed by atoms with Gasteiger partial charge in [0, 0.05) is 43.8 Å². The van der Waals surface area contributed by atoms with E-state index in [-0.39, 0.29) is 6.10 Å². The van der Waals surface area contributed by atoms with Crippen LogP contribution in [0.4, 0.5) is 23.1 Å². The van der Waals surface area contributed by atoms with Crippen molar-refractivity contribution >= 4 is 23.1 Å². The summed E-state index contributed by atoms with van der Waals surface area (Å²) in [6.07, 6.45) is 4.27. The fourth-order valence-corrected chi connectivity index (χ4v) is 3.02. The quantitative estimate of drug-likeness (QED) is 0.764. The zero-order chi connectivity index (χ0) is 17.5. The van der Waals surface area contributed by atoms with Gasteiger partial charge in [-0.2, -0.15) is 4.98 Å². The third-order valence-electron chi connectivity index (χ3n) is 4.44. The van der Waals surface area contributed by atoms with Crippen LogP contribution < -0.4 is 15.5 Å². The van der Waals surface area contributed by atoms with Gasteiger partial charge in [0.1, 0.15) is 5.82 Å². The lowest BCUT2D eigenvalue weighted by molar-refractivity contribution is 0.120. The Morgan fingerprint density at radius 3 is 2.64 bits per heavy atom. The molecule has 1 aliphatic rings. The van der Waals surface area contributed by atoms with Crippen molar-refractivity contribution in [3.63, 3.8) is 0 Å². The van der Waals surface area contributed by atoms with E-state index in [0.717, 1.165) is 50.6 Å². The Morgan fingerprint density at radius 1 is 1.16 bits per heavy atom. The van der Waals surface area contributed by atoms with E-state index >= 15 is 0 Å². The molecule has 2 heterocycles. The van der Waals surface area contributed by atoms with Gasteiger partial charge in [0.05, 0.1) is 6.10 Å². The molecule has 6 nitrogen and oxygen atoms in total. The van der Waals surface area contributed by atoms with Crippen LogP contribution in [-0.4, -0.2) is 42.3 Å². The molecule has 1 aromatic heterocycles. The molecule has 0 aliphatic carbocycles. The van der Waals surface area contributed by atoms with Crippen molar-refractivity contribution in [2.45, 2.75) is 32.8 Å². The van der Waals surface area contributed by atoms with Crippen LogP contribution in [0.25, 0.3) is 0 Å². The van der Waals surface area contributed by atoms with Crippen molar-refractivity contribution in [1.82, 2.24) is 9.97 Å². The molecule has 0 bridgehead atoms. The monoisotopic (exact) mass is 341 g/mol. The lowest BCUT2D eigenvalue weighted by Gasteiger charge is -2.21. The van der Waals surface area contributed by atoms with Crippen molar-refractivity contribution < 1.29 is 4.74 Å². The van der Waals surface area contributed by atoms with Gasteiger partial charge in [-0.05, 0) is 57.0 Å². The van der Waals surface area contributed by atoms with Crippen LogP contribution in [0.15, 0.2) is 36.5 Å². The topological polar surface area (TPSA) is 62.3 Å². The number of ether oxygens (including phenoxy) is 1. The van der Waals surface area contributed by atoms with Crippen LogP contribution in [0, 0.1) is 0 Å². The summed E-state index contributed by atoms with van der Waals surface area (Å²) < 4.78 is 5.61. The number of nitrogens with one attached hydrogen (secondary N) is 2. The second kappa shape index (κ2) is 8.67. The first kappa shape index (κ1) is 17.5. The number of aromatic nitrogens is 2. The molecule has 0 amide bonds. The standard InChI is InChI=1S/C19H27N5O/c1-3-24(4-2)16-9-7-15(8-10-16)22-18-11-12-20-19(23-18)21-14-17-6-5-13-25-17/h7-12,17H,3-6,13-14H2,1-2H3,(H2,20,21,22,23). The summed E-state index contributed by atoms with van der Waals surface area (Å²) in [5.74, 6) is 1.40. The molecule has 1 fully saturated rings. The molecule has 134 valence electrons. The third-order valence-corrected chi connectivity index (χ3v) is 4.44. The summed E-state index contributed by atoms with van der Waals surface area (Å²) in [4.78, 5) is 11.1. The molecule has 2 aromatic rings. The Hall–Kier alpha value is -2.34. The van der Waals surface area contributed by atoms with E-state index in [1.54, 1.807) is 6.20 Å². The van der Waals surface area contributed by atoms with Crippen LogP contribution >= 0.6 is 0 Å². The summed E-state index contributed by atoms with van der Waals surface area (Å²) in [7, 11) is 0. The molecule has 0 spiro atoms. The normalized spacial score (nSPS) is 16.6. The number of anilines is 4. The zero-order valence-electron chi connectivity index (χ0n) is 15.0. The van der Waals surface area contributed by atoms with E-state index < -0.39 is 0 Å². The number of hydrogen-bond acceptors (Lipinski definition) is 6. The van der Waals surface area contributed by atoms with Gasteiger partial charge in [0.15, 0.2) is 0 Å². The van der Waals surface area contributed by atoms with Gasteiger partial charge in [-0.25, -0.2) is 4.98 Å². The Morgan fingerprint density at radius 2 is 1.96 bits per heavy atom. The molecule has 1 unspecified atom stereocenters. The summed E-state index contributed by atoms with van der Waals surface area (Å²) in [6, 6.07) is 10.3. The van der Waals surface area contributed by atoms with Crippen molar-refractivity contribution in [3.8, 4) is 0 Å². The van der Waals surface area contributed by atoms with Gasteiger partial charge in [-0.1, -0.05) is 0 Å². The highest BCUT2D eigenvalue weighted by Crippen LogP contribution is 2.20. The highest BCUT2D eigenvalue weighted by atomic mass is 16.5. The third kappa shape index (κ3) is 4.82. The predicted molar refractivity (Wildman–Crippen MR) is 103 cm³/mol. The lowest BCUT2D eigenvalue weighted by atomic mass is 10.2.